The third kappa shape index (κ3) is 3.37. The van der Waals surface area contributed by atoms with Crippen molar-refractivity contribution in [2.24, 2.45) is 0 Å². The first-order valence-corrected chi connectivity index (χ1v) is 8.14. The van der Waals surface area contributed by atoms with Crippen LogP contribution in [0.25, 0.3) is 11.0 Å². The number of nitrogens with zero attached hydrogens (tertiary/aromatic N) is 2. The molecule has 0 aliphatic carbocycles. The van der Waals surface area contributed by atoms with E-state index in [2.05, 4.69) is 10.3 Å². The van der Waals surface area contributed by atoms with Crippen LogP contribution in [-0.2, 0) is 12.7 Å². The SMILES string of the molecule is Cc1cc2nc(C(F)(F)F)n(CCC3CCCCN3)c2cc1C. The number of piperidine rings is 1. The fraction of sp³-hybridized carbons (Fsp3) is 0.588. The molecule has 1 fully saturated rings. The summed E-state index contributed by atoms with van der Waals surface area (Å²) in [6, 6.07) is 3.87. The van der Waals surface area contributed by atoms with Crippen molar-refractivity contribution in [3.63, 3.8) is 0 Å². The van der Waals surface area contributed by atoms with Gasteiger partial charge in [-0.2, -0.15) is 13.2 Å². The molecule has 126 valence electrons. The zero-order valence-corrected chi connectivity index (χ0v) is 13.5. The monoisotopic (exact) mass is 325 g/mol. The second kappa shape index (κ2) is 6.15. The molecule has 1 N–H and O–H groups in total. The highest BCUT2D eigenvalue weighted by Gasteiger charge is 2.37. The second-order valence-electron chi connectivity index (χ2n) is 6.45. The van der Waals surface area contributed by atoms with Crippen LogP contribution in [0.2, 0.25) is 0 Å². The van der Waals surface area contributed by atoms with Crippen molar-refractivity contribution in [1.82, 2.24) is 14.9 Å². The van der Waals surface area contributed by atoms with E-state index in [1.165, 1.54) is 4.57 Å². The summed E-state index contributed by atoms with van der Waals surface area (Å²) in [6.45, 7) is 5.11. The highest BCUT2D eigenvalue weighted by Crippen LogP contribution is 2.32. The fourth-order valence-electron chi connectivity index (χ4n) is 3.28. The first-order valence-electron chi connectivity index (χ1n) is 8.14. The van der Waals surface area contributed by atoms with Crippen molar-refractivity contribution in [3.05, 3.63) is 29.1 Å². The Morgan fingerprint density at radius 2 is 1.96 bits per heavy atom. The molecule has 1 aromatic carbocycles. The van der Waals surface area contributed by atoms with Gasteiger partial charge in [-0.05, 0) is 62.9 Å². The Bertz CT molecular complexity index is 697. The molecule has 23 heavy (non-hydrogen) atoms. The zero-order valence-electron chi connectivity index (χ0n) is 13.5. The van der Waals surface area contributed by atoms with Gasteiger partial charge in [0, 0.05) is 12.6 Å². The van der Waals surface area contributed by atoms with Crippen LogP contribution < -0.4 is 5.32 Å². The zero-order chi connectivity index (χ0) is 16.6. The number of imidazole rings is 1. The smallest absolute Gasteiger partial charge is 0.320 e. The maximum absolute atomic E-state index is 13.4. The molecule has 1 atom stereocenters. The van der Waals surface area contributed by atoms with E-state index in [-0.39, 0.29) is 0 Å². The number of halogens is 3. The molecule has 0 saturated carbocycles. The van der Waals surface area contributed by atoms with Crippen LogP contribution in [0.3, 0.4) is 0 Å². The molecule has 2 aromatic rings. The molecule has 1 saturated heterocycles. The number of aryl methyl sites for hydroxylation is 3. The molecule has 1 aliphatic heterocycles. The van der Waals surface area contributed by atoms with Crippen LogP contribution in [0.5, 0.6) is 0 Å². The minimum absolute atomic E-state index is 0.300. The lowest BCUT2D eigenvalue weighted by Crippen LogP contribution is -2.35. The van der Waals surface area contributed by atoms with Gasteiger partial charge in [-0.1, -0.05) is 6.42 Å². The Morgan fingerprint density at radius 1 is 1.22 bits per heavy atom. The van der Waals surface area contributed by atoms with Gasteiger partial charge < -0.3 is 9.88 Å². The predicted molar refractivity (Wildman–Crippen MR) is 84.5 cm³/mol. The van der Waals surface area contributed by atoms with Crippen LogP contribution in [0.1, 0.15) is 42.6 Å². The van der Waals surface area contributed by atoms with Crippen LogP contribution in [0.4, 0.5) is 13.2 Å². The van der Waals surface area contributed by atoms with Gasteiger partial charge in [0.1, 0.15) is 0 Å². The fourth-order valence-corrected chi connectivity index (χ4v) is 3.28. The van der Waals surface area contributed by atoms with Crippen molar-refractivity contribution >= 4 is 11.0 Å². The summed E-state index contributed by atoms with van der Waals surface area (Å²) in [5, 5.41) is 3.39. The first-order chi connectivity index (χ1) is 10.9. The molecule has 2 heterocycles. The maximum Gasteiger partial charge on any atom is 0.449 e. The van der Waals surface area contributed by atoms with Crippen LogP contribution in [-0.4, -0.2) is 22.1 Å². The number of hydrogen-bond acceptors (Lipinski definition) is 2. The van der Waals surface area contributed by atoms with Gasteiger partial charge in [0.05, 0.1) is 11.0 Å². The summed E-state index contributed by atoms with van der Waals surface area (Å²) in [7, 11) is 0. The minimum atomic E-state index is -4.43. The molecule has 3 nitrogen and oxygen atoms in total. The molecule has 1 aromatic heterocycles. The van der Waals surface area contributed by atoms with Crippen LogP contribution >= 0.6 is 0 Å². The van der Waals surface area contributed by atoms with E-state index in [0.717, 1.165) is 36.9 Å². The van der Waals surface area contributed by atoms with Gasteiger partial charge in [-0.3, -0.25) is 0 Å². The van der Waals surface area contributed by atoms with Gasteiger partial charge in [-0.15, -0.1) is 0 Å². The number of nitrogens with one attached hydrogen (secondary N) is 1. The Labute approximate surface area is 133 Å². The van der Waals surface area contributed by atoms with E-state index in [1.807, 2.05) is 19.9 Å². The van der Waals surface area contributed by atoms with Crippen molar-refractivity contribution in [3.8, 4) is 0 Å². The summed E-state index contributed by atoms with van der Waals surface area (Å²) >= 11 is 0. The van der Waals surface area contributed by atoms with E-state index in [9.17, 15) is 13.2 Å². The average Bonchev–Trinajstić information content (AvgIpc) is 2.85. The quantitative estimate of drug-likeness (QED) is 0.916. The largest absolute Gasteiger partial charge is 0.449 e. The lowest BCUT2D eigenvalue weighted by atomic mass is 10.0. The summed E-state index contributed by atoms with van der Waals surface area (Å²) in [4.78, 5) is 3.87. The summed E-state index contributed by atoms with van der Waals surface area (Å²) in [5.41, 5.74) is 2.96. The van der Waals surface area contributed by atoms with Crippen LogP contribution in [0.15, 0.2) is 12.1 Å². The van der Waals surface area contributed by atoms with Crippen molar-refractivity contribution in [2.75, 3.05) is 6.54 Å². The molecule has 3 rings (SSSR count). The molecule has 0 bridgehead atoms. The number of fused-ring (bicyclic) bond motifs is 1. The van der Waals surface area contributed by atoms with E-state index < -0.39 is 12.0 Å². The van der Waals surface area contributed by atoms with Gasteiger partial charge in [0.2, 0.25) is 5.82 Å². The summed E-state index contributed by atoms with van der Waals surface area (Å²) < 4.78 is 41.4. The number of rotatable bonds is 3. The van der Waals surface area contributed by atoms with Crippen LogP contribution in [0, 0.1) is 13.8 Å². The lowest BCUT2D eigenvalue weighted by molar-refractivity contribution is -0.147. The lowest BCUT2D eigenvalue weighted by Gasteiger charge is -2.24. The third-order valence-corrected chi connectivity index (χ3v) is 4.73. The molecule has 0 amide bonds. The topological polar surface area (TPSA) is 29.9 Å². The molecule has 1 aliphatic rings. The Morgan fingerprint density at radius 3 is 2.61 bits per heavy atom. The Kier molecular flexibility index (Phi) is 4.36. The molecule has 0 spiro atoms. The van der Waals surface area contributed by atoms with E-state index in [4.69, 9.17) is 0 Å². The Balaban J connectivity index is 1.96. The molecular weight excluding hydrogens is 303 g/mol. The summed E-state index contributed by atoms with van der Waals surface area (Å²) in [6.07, 6.45) is -0.405. The molecule has 6 heteroatoms. The molecular formula is C17H22F3N3. The van der Waals surface area contributed by atoms with Crippen molar-refractivity contribution in [2.45, 2.75) is 58.3 Å². The number of benzene rings is 1. The molecule has 0 radical (unpaired) electrons. The van der Waals surface area contributed by atoms with Gasteiger partial charge in [0.15, 0.2) is 0 Å². The number of alkyl halides is 3. The number of aromatic nitrogens is 2. The number of hydrogen-bond donors (Lipinski definition) is 1. The van der Waals surface area contributed by atoms with Crippen molar-refractivity contribution < 1.29 is 13.2 Å². The van der Waals surface area contributed by atoms with E-state index in [0.29, 0.717) is 30.0 Å². The molecule has 1 unspecified atom stereocenters. The first kappa shape index (κ1) is 16.3. The average molecular weight is 325 g/mol. The van der Waals surface area contributed by atoms with Gasteiger partial charge >= 0.3 is 6.18 Å². The van der Waals surface area contributed by atoms with Crippen molar-refractivity contribution in [1.29, 1.82) is 0 Å². The normalized spacial score (nSPS) is 19.4. The van der Waals surface area contributed by atoms with E-state index in [1.54, 1.807) is 6.07 Å². The summed E-state index contributed by atoms with van der Waals surface area (Å²) in [5.74, 6) is -0.784. The standard InChI is InChI=1S/C17H22F3N3/c1-11-9-14-15(10-12(11)2)23(16(22-14)17(18,19)20)8-6-13-5-3-4-7-21-13/h9-10,13,21H,3-8H2,1-2H3. The highest BCUT2D eigenvalue weighted by molar-refractivity contribution is 5.78. The Hall–Kier alpha value is -1.56. The minimum Gasteiger partial charge on any atom is -0.320 e. The highest BCUT2D eigenvalue weighted by atomic mass is 19.4. The second-order valence-corrected chi connectivity index (χ2v) is 6.45. The predicted octanol–water partition coefficient (Wildman–Crippen LogP) is 4.20. The van der Waals surface area contributed by atoms with Gasteiger partial charge in [0.25, 0.3) is 0 Å². The maximum atomic E-state index is 13.4. The third-order valence-electron chi connectivity index (χ3n) is 4.73. The van der Waals surface area contributed by atoms with Gasteiger partial charge in [-0.25, -0.2) is 4.98 Å². The van der Waals surface area contributed by atoms with E-state index >= 15 is 0 Å².